The summed E-state index contributed by atoms with van der Waals surface area (Å²) in [5, 5.41) is 11.8. The van der Waals surface area contributed by atoms with Crippen LogP contribution in [0.1, 0.15) is 32.8 Å². The van der Waals surface area contributed by atoms with Crippen LogP contribution in [0.3, 0.4) is 0 Å². The molecule has 0 radical (unpaired) electrons. The normalized spacial score (nSPS) is 18.8. The van der Waals surface area contributed by atoms with Crippen LogP contribution < -0.4 is 10.2 Å². The van der Waals surface area contributed by atoms with Crippen molar-refractivity contribution in [3.8, 4) is 0 Å². The van der Waals surface area contributed by atoms with E-state index in [1.807, 2.05) is 31.2 Å². The lowest BCUT2D eigenvalue weighted by Gasteiger charge is -2.21. The number of nitrogens with one attached hydrogen (secondary N) is 1. The number of anilines is 1. The first kappa shape index (κ1) is 18.0. The molecule has 0 spiro atoms. The van der Waals surface area contributed by atoms with Crippen molar-refractivity contribution in [3.63, 3.8) is 0 Å². The highest BCUT2D eigenvalue weighted by atomic mass is 16.4. The van der Waals surface area contributed by atoms with Crippen LogP contribution in [0, 0.1) is 11.8 Å². The number of aryl methyl sites for hydroxylation is 1. The second-order valence-electron chi connectivity index (χ2n) is 6.46. The van der Waals surface area contributed by atoms with Crippen LogP contribution in [0.25, 0.3) is 0 Å². The first-order chi connectivity index (χ1) is 11.3. The van der Waals surface area contributed by atoms with Crippen molar-refractivity contribution < 1.29 is 19.5 Å². The van der Waals surface area contributed by atoms with E-state index in [4.69, 9.17) is 0 Å². The fourth-order valence-electron chi connectivity index (χ4n) is 2.97. The van der Waals surface area contributed by atoms with Gasteiger partial charge in [0.15, 0.2) is 0 Å². The average molecular weight is 332 g/mol. The number of para-hydroxylation sites is 1. The number of hydrogen-bond acceptors (Lipinski definition) is 3. The highest BCUT2D eigenvalue weighted by Gasteiger charge is 2.37. The van der Waals surface area contributed by atoms with Gasteiger partial charge in [0.05, 0.1) is 5.92 Å². The van der Waals surface area contributed by atoms with Crippen molar-refractivity contribution in [2.24, 2.45) is 11.8 Å². The second-order valence-corrected chi connectivity index (χ2v) is 6.46. The molecule has 1 aromatic carbocycles. The molecule has 1 aliphatic rings. The molecule has 130 valence electrons. The lowest BCUT2D eigenvalue weighted by atomic mass is 10.0. The molecule has 1 saturated heterocycles. The van der Waals surface area contributed by atoms with E-state index in [9.17, 15) is 19.5 Å². The molecule has 2 rings (SSSR count). The Morgan fingerprint density at radius 2 is 2.00 bits per heavy atom. The van der Waals surface area contributed by atoms with Crippen LogP contribution in [-0.2, 0) is 20.8 Å². The minimum absolute atomic E-state index is 0.104. The van der Waals surface area contributed by atoms with Crippen LogP contribution in [0.15, 0.2) is 24.3 Å². The van der Waals surface area contributed by atoms with Crippen molar-refractivity contribution in [1.82, 2.24) is 5.32 Å². The monoisotopic (exact) mass is 332 g/mol. The van der Waals surface area contributed by atoms with Gasteiger partial charge in [-0.15, -0.1) is 0 Å². The molecule has 0 aliphatic carbocycles. The molecule has 2 atom stereocenters. The van der Waals surface area contributed by atoms with Crippen molar-refractivity contribution in [3.05, 3.63) is 29.8 Å². The smallest absolute Gasteiger partial charge is 0.326 e. The number of carboxylic acids is 1. The van der Waals surface area contributed by atoms with E-state index < -0.39 is 17.9 Å². The Hall–Kier alpha value is -2.37. The van der Waals surface area contributed by atoms with Gasteiger partial charge in [-0.1, -0.05) is 39.0 Å². The molecular weight excluding hydrogens is 308 g/mol. The number of benzene rings is 1. The fourth-order valence-corrected chi connectivity index (χ4v) is 2.97. The number of rotatable bonds is 6. The lowest BCUT2D eigenvalue weighted by molar-refractivity contribution is -0.143. The summed E-state index contributed by atoms with van der Waals surface area (Å²) < 4.78 is 0. The zero-order valence-electron chi connectivity index (χ0n) is 14.3. The highest BCUT2D eigenvalue weighted by molar-refractivity contribution is 6.01. The van der Waals surface area contributed by atoms with E-state index in [0.29, 0.717) is 0 Å². The molecule has 1 unspecified atom stereocenters. The summed E-state index contributed by atoms with van der Waals surface area (Å²) in [7, 11) is 0. The molecule has 1 aliphatic heterocycles. The summed E-state index contributed by atoms with van der Waals surface area (Å²) in [6.07, 6.45) is 0.902. The van der Waals surface area contributed by atoms with E-state index in [1.165, 1.54) is 0 Å². The number of carbonyl (C=O) groups is 3. The summed E-state index contributed by atoms with van der Waals surface area (Å²) in [4.78, 5) is 37.6. The lowest BCUT2D eigenvalue weighted by Crippen LogP contribution is -2.47. The first-order valence-corrected chi connectivity index (χ1v) is 8.26. The summed E-state index contributed by atoms with van der Waals surface area (Å²) >= 11 is 0. The predicted molar refractivity (Wildman–Crippen MR) is 90.7 cm³/mol. The van der Waals surface area contributed by atoms with Crippen LogP contribution in [0.5, 0.6) is 0 Å². The van der Waals surface area contributed by atoms with Gasteiger partial charge in [0.2, 0.25) is 11.8 Å². The number of aliphatic carboxylic acids is 1. The maximum absolute atomic E-state index is 12.4. The van der Waals surface area contributed by atoms with Gasteiger partial charge >= 0.3 is 5.97 Å². The Balaban J connectivity index is 2.11. The van der Waals surface area contributed by atoms with E-state index in [0.717, 1.165) is 17.7 Å². The molecule has 24 heavy (non-hydrogen) atoms. The number of amides is 2. The Morgan fingerprint density at radius 3 is 2.58 bits per heavy atom. The van der Waals surface area contributed by atoms with Gasteiger partial charge in [-0.3, -0.25) is 9.59 Å². The van der Waals surface area contributed by atoms with Gasteiger partial charge in [-0.25, -0.2) is 4.79 Å². The Labute approximate surface area is 141 Å². The molecule has 2 N–H and O–H groups in total. The van der Waals surface area contributed by atoms with Crippen molar-refractivity contribution in [2.45, 2.75) is 39.7 Å². The summed E-state index contributed by atoms with van der Waals surface area (Å²) in [5.74, 6) is -2.28. The van der Waals surface area contributed by atoms with Gasteiger partial charge in [0.1, 0.15) is 6.04 Å². The predicted octanol–water partition coefficient (Wildman–Crippen LogP) is 1.83. The van der Waals surface area contributed by atoms with E-state index in [1.54, 1.807) is 18.7 Å². The first-order valence-electron chi connectivity index (χ1n) is 8.26. The van der Waals surface area contributed by atoms with Crippen LogP contribution in [0.2, 0.25) is 0 Å². The van der Waals surface area contributed by atoms with E-state index in [2.05, 4.69) is 5.32 Å². The standard InChI is InChI=1S/C18H24N2O4/c1-4-12-7-5-6-8-14(12)20-10-13(9-15(20)21)17(22)19-16(11(2)3)18(23)24/h5-8,11,13,16H,4,9-10H2,1-3H3,(H,19,22)(H,23,24)/t13?,16-/m1/s1. The SMILES string of the molecule is CCc1ccccc1N1CC(C(=O)N[C@@H](C(=O)O)C(C)C)CC1=O. The van der Waals surface area contributed by atoms with Crippen LogP contribution >= 0.6 is 0 Å². The van der Waals surface area contributed by atoms with E-state index >= 15 is 0 Å². The van der Waals surface area contributed by atoms with Crippen LogP contribution in [0.4, 0.5) is 5.69 Å². The van der Waals surface area contributed by atoms with E-state index in [-0.39, 0.29) is 30.7 Å². The van der Waals surface area contributed by atoms with Gasteiger partial charge in [-0.05, 0) is 24.0 Å². The third kappa shape index (κ3) is 3.75. The third-order valence-corrected chi connectivity index (χ3v) is 4.39. The topological polar surface area (TPSA) is 86.7 Å². The zero-order valence-corrected chi connectivity index (χ0v) is 14.3. The molecular formula is C18H24N2O4. The molecule has 1 aromatic rings. The minimum atomic E-state index is -1.06. The molecule has 1 fully saturated rings. The van der Waals surface area contributed by atoms with Gasteiger partial charge in [0, 0.05) is 18.7 Å². The molecule has 0 bridgehead atoms. The number of carboxylic acid groups (broad SMARTS) is 1. The number of nitrogens with zero attached hydrogens (tertiary/aromatic N) is 1. The summed E-state index contributed by atoms with van der Waals surface area (Å²) in [6, 6.07) is 6.70. The van der Waals surface area contributed by atoms with Crippen molar-refractivity contribution in [1.29, 1.82) is 0 Å². The Kier molecular flexibility index (Phi) is 5.59. The largest absolute Gasteiger partial charge is 0.480 e. The molecule has 2 amide bonds. The molecule has 6 heteroatoms. The summed E-state index contributed by atoms with van der Waals surface area (Å²) in [5.41, 5.74) is 1.89. The van der Waals surface area contributed by atoms with Gasteiger partial charge in [-0.2, -0.15) is 0 Å². The Morgan fingerprint density at radius 1 is 1.33 bits per heavy atom. The third-order valence-electron chi connectivity index (χ3n) is 4.39. The second kappa shape index (κ2) is 7.47. The summed E-state index contributed by atoms with van der Waals surface area (Å²) in [6.45, 7) is 5.78. The number of carbonyl (C=O) groups excluding carboxylic acids is 2. The molecule has 6 nitrogen and oxygen atoms in total. The quantitative estimate of drug-likeness (QED) is 0.832. The van der Waals surface area contributed by atoms with Gasteiger partial charge < -0.3 is 15.3 Å². The van der Waals surface area contributed by atoms with Crippen molar-refractivity contribution >= 4 is 23.5 Å². The van der Waals surface area contributed by atoms with Gasteiger partial charge in [0.25, 0.3) is 0 Å². The maximum atomic E-state index is 12.4. The zero-order chi connectivity index (χ0) is 17.9. The molecule has 0 aromatic heterocycles. The van der Waals surface area contributed by atoms with Crippen LogP contribution in [-0.4, -0.2) is 35.5 Å². The average Bonchev–Trinajstić information content (AvgIpc) is 2.93. The number of hydrogen-bond donors (Lipinski definition) is 2. The minimum Gasteiger partial charge on any atom is -0.480 e. The maximum Gasteiger partial charge on any atom is 0.326 e. The van der Waals surface area contributed by atoms with Crippen molar-refractivity contribution in [2.75, 3.05) is 11.4 Å². The fraction of sp³-hybridized carbons (Fsp3) is 0.500. The molecule has 0 saturated carbocycles. The molecule has 1 heterocycles. The Bertz CT molecular complexity index is 642. The highest BCUT2D eigenvalue weighted by Crippen LogP contribution is 2.28.